The number of likely N-dealkylation sites (N-methyl/N-ethyl adjacent to an activating group) is 1. The van der Waals surface area contributed by atoms with Crippen LogP contribution in [0.25, 0.3) is 0 Å². The summed E-state index contributed by atoms with van der Waals surface area (Å²) in [5.74, 6) is -0.458. The molecule has 1 aliphatic carbocycles. The molecule has 0 bridgehead atoms. The van der Waals surface area contributed by atoms with Gasteiger partial charge in [-0.25, -0.2) is 0 Å². The molecule has 1 fully saturated rings. The largest absolute Gasteiger partial charge is 0.342 e. The van der Waals surface area contributed by atoms with Crippen molar-refractivity contribution in [2.75, 3.05) is 33.2 Å². The van der Waals surface area contributed by atoms with Gasteiger partial charge in [-0.15, -0.1) is 0 Å². The minimum Gasteiger partial charge on any atom is -0.342 e. The topological polar surface area (TPSA) is 108 Å². The van der Waals surface area contributed by atoms with Gasteiger partial charge in [0.2, 0.25) is 17.7 Å². The van der Waals surface area contributed by atoms with Crippen LogP contribution < -0.4 is 16.4 Å². The normalized spacial score (nSPS) is 20.8. The molecule has 214 valence electrons. The Kier molecular flexibility index (Phi) is 10.9. The third kappa shape index (κ3) is 8.26. The average Bonchev–Trinajstić information content (AvgIpc) is 3.40. The lowest BCUT2D eigenvalue weighted by atomic mass is 9.85. The van der Waals surface area contributed by atoms with Crippen molar-refractivity contribution in [1.29, 1.82) is 0 Å². The molecule has 8 nitrogen and oxygen atoms in total. The standard InChI is InChI=1S/C31H47N5O3/c1-22(33-5)28(37)34-27(31(2,3)4)30(39)36-17-10-15-26(36)21-35(18-16-23-11-7-6-8-12-23)29(38)25-14-9-13-24(19-25)20-32/h6-9,11-13,19,22,25-27,33H,10,14-18,20-21,32H2,1-5H3,(H,34,37)/t22?,25?,26-,27+/m0/s1. The summed E-state index contributed by atoms with van der Waals surface area (Å²) in [5.41, 5.74) is 7.54. The number of amides is 3. The number of allylic oxidation sites excluding steroid dienone is 1. The molecule has 8 heteroatoms. The number of hydrogen-bond donors (Lipinski definition) is 3. The first-order valence-electron chi connectivity index (χ1n) is 14.2. The molecular weight excluding hydrogens is 490 g/mol. The molecule has 1 aliphatic heterocycles. The molecule has 3 rings (SSSR count). The van der Waals surface area contributed by atoms with E-state index in [9.17, 15) is 14.4 Å². The molecule has 39 heavy (non-hydrogen) atoms. The number of nitrogens with zero attached hydrogens (tertiary/aromatic N) is 2. The van der Waals surface area contributed by atoms with Crippen molar-refractivity contribution in [2.24, 2.45) is 17.1 Å². The van der Waals surface area contributed by atoms with Gasteiger partial charge in [0, 0.05) is 32.2 Å². The van der Waals surface area contributed by atoms with Gasteiger partial charge in [0.15, 0.2) is 0 Å². The van der Waals surface area contributed by atoms with Crippen LogP contribution in [0.15, 0.2) is 54.1 Å². The minimum absolute atomic E-state index is 0.0732. The van der Waals surface area contributed by atoms with Crippen LogP contribution in [0.5, 0.6) is 0 Å². The van der Waals surface area contributed by atoms with Gasteiger partial charge in [-0.1, -0.05) is 69.3 Å². The highest BCUT2D eigenvalue weighted by atomic mass is 16.2. The number of carbonyl (C=O) groups excluding carboxylic acids is 3. The Morgan fingerprint density at radius 2 is 1.90 bits per heavy atom. The molecule has 0 spiro atoms. The highest BCUT2D eigenvalue weighted by molar-refractivity contribution is 5.90. The molecule has 1 aromatic rings. The van der Waals surface area contributed by atoms with E-state index < -0.39 is 17.5 Å². The van der Waals surface area contributed by atoms with Gasteiger partial charge in [0.25, 0.3) is 0 Å². The van der Waals surface area contributed by atoms with Crippen LogP contribution in [0.1, 0.15) is 52.5 Å². The van der Waals surface area contributed by atoms with Gasteiger partial charge in [0.05, 0.1) is 12.0 Å². The second-order valence-electron chi connectivity index (χ2n) is 11.9. The fourth-order valence-corrected chi connectivity index (χ4v) is 5.27. The van der Waals surface area contributed by atoms with Crippen molar-refractivity contribution < 1.29 is 14.4 Å². The maximum atomic E-state index is 13.9. The number of rotatable bonds is 11. The quantitative estimate of drug-likeness (QED) is 0.402. The van der Waals surface area contributed by atoms with E-state index in [4.69, 9.17) is 5.73 Å². The smallest absolute Gasteiger partial charge is 0.246 e. The van der Waals surface area contributed by atoms with Crippen LogP contribution in [-0.4, -0.2) is 78.9 Å². The van der Waals surface area contributed by atoms with Gasteiger partial charge >= 0.3 is 0 Å². The molecule has 0 radical (unpaired) electrons. The lowest BCUT2D eigenvalue weighted by molar-refractivity contribution is -0.142. The van der Waals surface area contributed by atoms with E-state index in [1.165, 1.54) is 5.56 Å². The first-order valence-corrected chi connectivity index (χ1v) is 14.2. The zero-order valence-electron chi connectivity index (χ0n) is 24.3. The number of nitrogens with one attached hydrogen (secondary N) is 2. The van der Waals surface area contributed by atoms with Crippen LogP contribution in [0.4, 0.5) is 0 Å². The van der Waals surface area contributed by atoms with Crippen molar-refractivity contribution in [3.63, 3.8) is 0 Å². The monoisotopic (exact) mass is 537 g/mol. The second-order valence-corrected chi connectivity index (χ2v) is 11.9. The molecule has 1 saturated heterocycles. The SMILES string of the molecule is CNC(C)C(=O)N[C@H](C(=O)N1CCC[C@H]1CN(CCc1ccccc1)C(=O)C1C=C(CN)C=CC1)C(C)(C)C. The molecule has 0 aromatic heterocycles. The van der Waals surface area contributed by atoms with Gasteiger partial charge in [0.1, 0.15) is 6.04 Å². The van der Waals surface area contributed by atoms with Crippen LogP contribution in [0, 0.1) is 11.3 Å². The summed E-state index contributed by atoms with van der Waals surface area (Å²) in [5, 5.41) is 5.94. The Morgan fingerprint density at radius 3 is 2.54 bits per heavy atom. The van der Waals surface area contributed by atoms with Crippen molar-refractivity contribution in [3.05, 3.63) is 59.7 Å². The van der Waals surface area contributed by atoms with Crippen LogP contribution in [0.3, 0.4) is 0 Å². The van der Waals surface area contributed by atoms with Gasteiger partial charge in [-0.3, -0.25) is 14.4 Å². The number of benzene rings is 1. The first kappa shape index (κ1) is 30.6. The predicted octanol–water partition coefficient (Wildman–Crippen LogP) is 2.65. The van der Waals surface area contributed by atoms with Gasteiger partial charge in [-0.05, 0) is 56.2 Å². The van der Waals surface area contributed by atoms with Crippen LogP contribution in [0.2, 0.25) is 0 Å². The van der Waals surface area contributed by atoms with E-state index in [-0.39, 0.29) is 29.7 Å². The Morgan fingerprint density at radius 1 is 1.18 bits per heavy atom. The van der Waals surface area contributed by atoms with E-state index in [2.05, 4.69) is 22.8 Å². The third-order valence-electron chi connectivity index (χ3n) is 7.83. The van der Waals surface area contributed by atoms with Crippen molar-refractivity contribution in [2.45, 2.75) is 71.5 Å². The molecule has 1 aromatic carbocycles. The predicted molar refractivity (Wildman–Crippen MR) is 156 cm³/mol. The number of nitrogens with two attached hydrogens (primary N) is 1. The van der Waals surface area contributed by atoms with E-state index in [1.54, 1.807) is 14.0 Å². The Hall–Kier alpha value is -2.97. The Bertz CT molecular complexity index is 1050. The lowest BCUT2D eigenvalue weighted by Crippen LogP contribution is -2.59. The van der Waals surface area contributed by atoms with Gasteiger partial charge in [-0.2, -0.15) is 0 Å². The van der Waals surface area contributed by atoms with E-state index in [0.717, 1.165) is 24.8 Å². The second kappa shape index (κ2) is 13.9. The first-order chi connectivity index (χ1) is 18.5. The summed E-state index contributed by atoms with van der Waals surface area (Å²) in [6.45, 7) is 9.77. The molecule has 2 unspecified atom stereocenters. The fourth-order valence-electron chi connectivity index (χ4n) is 5.27. The molecule has 2 aliphatic rings. The third-order valence-corrected chi connectivity index (χ3v) is 7.83. The summed E-state index contributed by atoms with van der Waals surface area (Å²) in [7, 11) is 1.73. The van der Waals surface area contributed by atoms with E-state index in [0.29, 0.717) is 32.6 Å². The molecular formula is C31H47N5O3. The maximum absolute atomic E-state index is 13.9. The lowest BCUT2D eigenvalue weighted by Gasteiger charge is -2.38. The number of likely N-dealkylation sites (tertiary alicyclic amines) is 1. The summed E-state index contributed by atoms with van der Waals surface area (Å²) < 4.78 is 0. The van der Waals surface area contributed by atoms with Crippen LogP contribution >= 0.6 is 0 Å². The van der Waals surface area contributed by atoms with E-state index in [1.807, 2.05) is 67.0 Å². The summed E-state index contributed by atoms with van der Waals surface area (Å²) in [4.78, 5) is 44.3. The maximum Gasteiger partial charge on any atom is 0.246 e. The zero-order valence-corrected chi connectivity index (χ0v) is 24.3. The van der Waals surface area contributed by atoms with Crippen molar-refractivity contribution in [3.8, 4) is 0 Å². The molecule has 1 heterocycles. The summed E-state index contributed by atoms with van der Waals surface area (Å²) in [6, 6.07) is 9.00. The fraction of sp³-hybridized carbons (Fsp3) is 0.581. The zero-order chi connectivity index (χ0) is 28.6. The summed E-state index contributed by atoms with van der Waals surface area (Å²) in [6.07, 6.45) is 9.10. The number of carbonyl (C=O) groups is 3. The summed E-state index contributed by atoms with van der Waals surface area (Å²) >= 11 is 0. The van der Waals surface area contributed by atoms with E-state index >= 15 is 0 Å². The Balaban J connectivity index is 1.80. The average molecular weight is 538 g/mol. The Labute approximate surface area is 234 Å². The van der Waals surface area contributed by atoms with Crippen LogP contribution in [-0.2, 0) is 20.8 Å². The molecule has 4 N–H and O–H groups in total. The van der Waals surface area contributed by atoms with Gasteiger partial charge < -0.3 is 26.2 Å². The minimum atomic E-state index is -0.659. The molecule has 3 amide bonds. The molecule has 0 saturated carbocycles. The van der Waals surface area contributed by atoms with Crippen molar-refractivity contribution in [1.82, 2.24) is 20.4 Å². The highest BCUT2D eigenvalue weighted by Gasteiger charge is 2.41. The molecule has 4 atom stereocenters. The van der Waals surface area contributed by atoms with Crippen molar-refractivity contribution >= 4 is 17.7 Å². The highest BCUT2D eigenvalue weighted by Crippen LogP contribution is 2.27. The number of hydrogen-bond acceptors (Lipinski definition) is 5.